The van der Waals surface area contributed by atoms with Crippen LogP contribution in [0.4, 0.5) is 0 Å². The SMILES string of the molecule is CCC(C)(O)C(C)=NC.CCC(C)(O)C(C)=NC(C)C.CCC(O)(C(C)=NC(C)C)C(C)C.CCC(O)(C(C)=NC)C(C)C.CCC(O)(CC)C(C)=NC.CCC(O)(CC)C(C)=NC(C)C.CCCC(O)(CC)C(C)=NC.CCCC(O)(CC)C(C)=NC(C)C.CCCC(O)(CC)C(C)=NCC.CCN=C(C)C(C)(O)CC.CCN=C(C)C(O)(CC)C(C)C.CCN=C(C)C(O)(CC)CC.[La].[La].[La].[La].[La].[La].[La].[La].[La].[La].[La].[La]. The number of aliphatic hydroxyl groups is 12. The first-order valence-electron chi connectivity index (χ1n) is 52.3. The molecule has 9 unspecified atom stereocenters. The van der Waals surface area contributed by atoms with Crippen molar-refractivity contribution in [1.82, 2.24) is 0 Å². The molecule has 147 heavy (non-hydrogen) atoms. The van der Waals surface area contributed by atoms with Gasteiger partial charge in [0.05, 0.1) is 16.8 Å². The van der Waals surface area contributed by atoms with E-state index in [-0.39, 0.29) is 469 Å². The van der Waals surface area contributed by atoms with Crippen LogP contribution in [0.1, 0.15) is 488 Å². The first-order valence-corrected chi connectivity index (χ1v) is 52.3. The van der Waals surface area contributed by atoms with Crippen LogP contribution in [-0.4, -0.2) is 276 Å². The van der Waals surface area contributed by atoms with Gasteiger partial charge in [-0.2, -0.15) is 0 Å². The van der Waals surface area contributed by atoms with E-state index >= 15 is 0 Å². The molecule has 0 bridgehead atoms. The van der Waals surface area contributed by atoms with Crippen molar-refractivity contribution < 1.29 is 488 Å². The van der Waals surface area contributed by atoms with Crippen LogP contribution in [0.2, 0.25) is 0 Å². The zero-order chi connectivity index (χ0) is 110. The van der Waals surface area contributed by atoms with Gasteiger partial charge in [0.25, 0.3) is 0 Å². The van der Waals surface area contributed by atoms with E-state index in [2.05, 4.69) is 80.7 Å². The van der Waals surface area contributed by atoms with Gasteiger partial charge in [-0.15, -0.1) is 0 Å². The third-order valence-corrected chi connectivity index (χ3v) is 26.8. The predicted molar refractivity (Wildman–Crippen MR) is 604 cm³/mol. The van der Waals surface area contributed by atoms with Crippen LogP contribution >= 0.6 is 0 Å². The van der Waals surface area contributed by atoms with Crippen LogP contribution in [0.25, 0.3) is 0 Å². The van der Waals surface area contributed by atoms with Crippen molar-refractivity contribution in [3.8, 4) is 0 Å². The van der Waals surface area contributed by atoms with E-state index in [0.29, 0.717) is 0 Å². The number of aliphatic imine (C=N–C) groups is 12. The summed E-state index contributed by atoms with van der Waals surface area (Å²) in [4.78, 5) is 50.2. The fourth-order valence-corrected chi connectivity index (χ4v) is 13.8. The van der Waals surface area contributed by atoms with Crippen LogP contribution < -0.4 is 0 Å². The Hall–Kier alpha value is 9.90. The van der Waals surface area contributed by atoms with Crippen molar-refractivity contribution in [2.75, 3.05) is 54.4 Å². The first-order chi connectivity index (χ1) is 61.6. The molecule has 12 radical (unpaired) electrons. The standard InChI is InChI=1S/2C11H23NO.3C10H21NO.4C9H19NO.2C8H17NO.C7H15NO.12La/c1-7-11(13,8(2)3)10(6)12-9(4)5;1-6-8-11(13,7-2)10(5)12-9(3)4;1-6-10(12,8(3)4)9(5)11-7-2;1-6-10(12,7-2)9(5)11-8(3)4;1-5-8-10(12,6-2)9(4)11-7-3;1-6-9(11,7(2)3)8(4)10-5;1-6-9(5,11)8(4)10-7(2)3;1-5-7-9(11,6-2)8(3)10-4;1-5-9(11,6-2)8(4)10-7-3;1-5-8(10,6-2)7(3)9-4;1-5-8(4,10)7(3)9-6-2;1-5-7(3,9)6(2)8-4;;;;;;;;;;;;/h8-9,13H,7H2,1-6H3;9,13H,6-8H2,1-5H3;2*8,12H,6-7H2,1-5H3;12H,5-8H2,1-4H3;2*7,11H,6H2,1-5H3;2*11H,5-7H2,1-4H3;2*10H,5-6H2,1-4H3;9H,5H2,1-4H3;;;;;;;;;;;;. The van der Waals surface area contributed by atoms with E-state index in [9.17, 15) is 61.3 Å². The minimum Gasteiger partial charge on any atom is -0.384 e. The monoisotopic (exact) mass is 3590 g/mol. The van der Waals surface area contributed by atoms with Gasteiger partial charge in [0.15, 0.2) is 0 Å². The molecular weight excluding hydrogens is 3360 g/mol. The average molecular weight is 3600 g/mol. The van der Waals surface area contributed by atoms with Gasteiger partial charge in [-0.25, -0.2) is 0 Å². The molecule has 0 rings (SSSR count). The molecule has 0 aromatic rings. The average Bonchev–Trinajstić information content (AvgIpc) is 0.834. The summed E-state index contributed by atoms with van der Waals surface area (Å²) in [6.07, 6.45) is 16.5. The van der Waals surface area contributed by atoms with Crippen LogP contribution in [0.5, 0.6) is 0 Å². The fraction of sp³-hybridized carbons (Fsp3) is 0.892. The predicted octanol–water partition coefficient (Wildman–Crippen LogP) is 25.0. The van der Waals surface area contributed by atoms with Crippen LogP contribution in [-0.2, 0) is 0 Å². The molecule has 0 saturated carbocycles. The molecule has 0 aliphatic rings. The molecule has 24 nitrogen and oxygen atoms in total. The quantitative estimate of drug-likeness (QED) is 0.0253. The Morgan fingerprint density at radius 1 is 0.184 bits per heavy atom. The Bertz CT molecular complexity index is 3370. The van der Waals surface area contributed by atoms with Gasteiger partial charge in [0.2, 0.25) is 0 Å². The molecule has 0 heterocycles. The largest absolute Gasteiger partial charge is 0.384 e. The van der Waals surface area contributed by atoms with E-state index in [4.69, 9.17) is 0 Å². The zero-order valence-corrected chi connectivity index (χ0v) is 150. The number of hydrogen-bond donors (Lipinski definition) is 12. The summed E-state index contributed by atoms with van der Waals surface area (Å²) >= 11 is 0. The minimum absolute atomic E-state index is 0. The second-order valence-electron chi connectivity index (χ2n) is 38.5. The van der Waals surface area contributed by atoms with Crippen molar-refractivity contribution in [3.63, 3.8) is 0 Å². The van der Waals surface area contributed by atoms with E-state index < -0.39 is 67.2 Å². The Morgan fingerprint density at radius 3 is 0.537 bits per heavy atom. The molecule has 0 saturated heterocycles. The second-order valence-corrected chi connectivity index (χ2v) is 38.5. The molecule has 0 aliphatic carbocycles. The third-order valence-electron chi connectivity index (χ3n) is 26.8. The van der Waals surface area contributed by atoms with Gasteiger partial charge in [0.1, 0.15) is 50.4 Å². The molecule has 0 amide bonds. The van der Waals surface area contributed by atoms with Crippen LogP contribution in [0.15, 0.2) is 59.9 Å². The normalized spacial score (nSPS) is 15.8. The smallest absolute Gasteiger partial charge is 0.104 e. The molecule has 9 atom stereocenters. The number of nitrogens with zero attached hydrogens (tertiary/aromatic N) is 12. The summed E-state index contributed by atoms with van der Waals surface area (Å²) < 4.78 is 0. The van der Waals surface area contributed by atoms with E-state index in [1.165, 1.54) is 0 Å². The van der Waals surface area contributed by atoms with Crippen molar-refractivity contribution in [2.24, 2.45) is 77.7 Å². The minimum atomic E-state index is -0.718. The van der Waals surface area contributed by atoms with Crippen LogP contribution in [0.3, 0.4) is 0 Å². The van der Waals surface area contributed by atoms with Crippen molar-refractivity contribution >= 4 is 68.5 Å². The summed E-state index contributed by atoms with van der Waals surface area (Å²) in [5, 5.41) is 119. The van der Waals surface area contributed by atoms with Crippen molar-refractivity contribution in [2.45, 2.75) is 579 Å². The third kappa shape index (κ3) is 99.2. The number of rotatable bonds is 44. The van der Waals surface area contributed by atoms with Crippen molar-refractivity contribution in [1.29, 1.82) is 0 Å². The van der Waals surface area contributed by atoms with E-state index in [1.54, 1.807) is 49.0 Å². The Morgan fingerprint density at radius 2 is 0.347 bits per heavy atom. The van der Waals surface area contributed by atoms with Gasteiger partial charge in [-0.3, -0.25) is 59.9 Å². The maximum Gasteiger partial charge on any atom is 0.104 e. The summed E-state index contributed by atoms with van der Waals surface area (Å²) in [7, 11) is 6.86. The molecule has 12 N–H and O–H groups in total. The van der Waals surface area contributed by atoms with E-state index in [1.807, 2.05) is 312 Å². The Kier molecular flexibility index (Phi) is 178. The summed E-state index contributed by atoms with van der Waals surface area (Å²) in [6, 6.07) is 1.08. The topological polar surface area (TPSA) is 391 Å². The fourth-order valence-electron chi connectivity index (χ4n) is 13.8. The van der Waals surface area contributed by atoms with Crippen LogP contribution in [0, 0.1) is 445 Å². The van der Waals surface area contributed by atoms with Gasteiger partial charge in [-0.1, -0.05) is 185 Å². The van der Waals surface area contributed by atoms with Gasteiger partial charge < -0.3 is 61.3 Å². The summed E-state index contributed by atoms with van der Waals surface area (Å²) in [5.41, 5.74) is 2.00. The van der Waals surface area contributed by atoms with Crippen molar-refractivity contribution in [3.05, 3.63) is 0 Å². The van der Waals surface area contributed by atoms with E-state index in [0.717, 1.165) is 230 Å². The molecular formula is C111H234La12N12O12. The first kappa shape index (κ1) is 216. The zero-order valence-electron chi connectivity index (χ0n) is 106. The molecule has 36 heteroatoms. The van der Waals surface area contributed by atoms with Gasteiger partial charge in [0, 0.05) is 574 Å². The van der Waals surface area contributed by atoms with Gasteiger partial charge >= 0.3 is 0 Å². The summed E-state index contributed by atoms with van der Waals surface area (Å²) in [5.74, 6) is 0.689. The number of hydrogen-bond acceptors (Lipinski definition) is 24. The Balaban J connectivity index is -0.0000000507. The maximum absolute atomic E-state index is 10.3. The van der Waals surface area contributed by atoms with Gasteiger partial charge in [-0.05, 0) is 320 Å². The maximum atomic E-state index is 10.3. The molecule has 0 aromatic carbocycles. The molecule has 0 fully saturated rings. The molecule has 846 valence electrons. The molecule has 0 spiro atoms. The molecule has 0 aromatic heterocycles. The second kappa shape index (κ2) is 121. The Labute approximate surface area is 1250 Å². The summed E-state index contributed by atoms with van der Waals surface area (Å²) in [6.45, 7) is 103. The molecule has 0 aliphatic heterocycles.